The molecular weight excluding hydrogens is 338 g/mol. The van der Waals surface area contributed by atoms with Crippen molar-refractivity contribution in [3.63, 3.8) is 0 Å². The third-order valence-corrected chi connectivity index (χ3v) is 4.11. The van der Waals surface area contributed by atoms with Crippen LogP contribution >= 0.6 is 12.4 Å². The number of benzene rings is 2. The van der Waals surface area contributed by atoms with Crippen LogP contribution in [0.1, 0.15) is 33.6 Å². The monoisotopic (exact) mass is 359 g/mol. The van der Waals surface area contributed by atoms with E-state index in [2.05, 4.69) is 16.0 Å². The second-order valence-corrected chi connectivity index (χ2v) is 5.90. The van der Waals surface area contributed by atoms with Crippen molar-refractivity contribution in [1.82, 2.24) is 10.6 Å². The number of halogens is 1. The highest BCUT2D eigenvalue weighted by atomic mass is 35.5. The van der Waals surface area contributed by atoms with Gasteiger partial charge in [-0.25, -0.2) is 0 Å². The Labute approximate surface area is 153 Å². The fourth-order valence-corrected chi connectivity index (χ4v) is 2.75. The Kier molecular flexibility index (Phi) is 6.98. The average Bonchev–Trinajstić information content (AvgIpc) is 3.14. The number of hydrogen-bond acceptors (Lipinski definition) is 3. The van der Waals surface area contributed by atoms with Crippen molar-refractivity contribution in [2.75, 3.05) is 18.4 Å². The van der Waals surface area contributed by atoms with Crippen LogP contribution in [0.15, 0.2) is 54.6 Å². The van der Waals surface area contributed by atoms with Crippen molar-refractivity contribution < 1.29 is 9.59 Å². The van der Waals surface area contributed by atoms with Crippen molar-refractivity contribution in [2.45, 2.75) is 18.9 Å². The molecule has 1 heterocycles. The van der Waals surface area contributed by atoms with E-state index in [1.807, 2.05) is 18.2 Å². The zero-order valence-electron chi connectivity index (χ0n) is 13.8. The Morgan fingerprint density at radius 3 is 2.28 bits per heavy atom. The summed E-state index contributed by atoms with van der Waals surface area (Å²) in [4.78, 5) is 24.2. The molecule has 2 amide bonds. The molecule has 0 aliphatic carbocycles. The summed E-state index contributed by atoms with van der Waals surface area (Å²) in [5, 5.41) is 9.11. The van der Waals surface area contributed by atoms with Crippen LogP contribution < -0.4 is 16.0 Å². The molecule has 1 saturated heterocycles. The van der Waals surface area contributed by atoms with E-state index in [4.69, 9.17) is 0 Å². The van der Waals surface area contributed by atoms with Crippen LogP contribution in [-0.2, 0) is 0 Å². The maximum Gasteiger partial charge on any atom is 0.255 e. The largest absolute Gasteiger partial charge is 0.350 e. The lowest BCUT2D eigenvalue weighted by molar-refractivity contribution is 0.0949. The second kappa shape index (κ2) is 9.20. The Bertz CT molecular complexity index is 698. The number of carbonyl (C=O) groups excluding carboxylic acids is 2. The summed E-state index contributed by atoms with van der Waals surface area (Å²) in [6.07, 6.45) is 2.26. The number of amides is 2. The summed E-state index contributed by atoms with van der Waals surface area (Å²) < 4.78 is 0. The summed E-state index contributed by atoms with van der Waals surface area (Å²) in [6.45, 7) is 1.67. The summed E-state index contributed by atoms with van der Waals surface area (Å²) in [5.41, 5.74) is 1.85. The summed E-state index contributed by atoms with van der Waals surface area (Å²) >= 11 is 0. The van der Waals surface area contributed by atoms with Crippen LogP contribution in [0.2, 0.25) is 0 Å². The molecule has 1 unspecified atom stereocenters. The smallest absolute Gasteiger partial charge is 0.255 e. The van der Waals surface area contributed by atoms with Gasteiger partial charge in [-0.1, -0.05) is 18.2 Å². The molecule has 25 heavy (non-hydrogen) atoms. The number of nitrogens with one attached hydrogen (secondary N) is 3. The Morgan fingerprint density at radius 2 is 1.64 bits per heavy atom. The quantitative estimate of drug-likeness (QED) is 0.768. The maximum absolute atomic E-state index is 12.1. The van der Waals surface area contributed by atoms with Gasteiger partial charge in [0.25, 0.3) is 11.8 Å². The number of anilines is 1. The van der Waals surface area contributed by atoms with E-state index in [0.29, 0.717) is 29.4 Å². The van der Waals surface area contributed by atoms with E-state index in [1.165, 1.54) is 0 Å². The molecule has 6 heteroatoms. The second-order valence-electron chi connectivity index (χ2n) is 5.90. The third kappa shape index (κ3) is 5.31. The molecule has 0 spiro atoms. The van der Waals surface area contributed by atoms with Gasteiger partial charge in [-0.15, -0.1) is 12.4 Å². The van der Waals surface area contributed by atoms with E-state index in [1.54, 1.807) is 36.4 Å². The molecule has 3 rings (SSSR count). The van der Waals surface area contributed by atoms with Crippen LogP contribution in [0.3, 0.4) is 0 Å². The molecule has 1 aliphatic heterocycles. The van der Waals surface area contributed by atoms with Crippen molar-refractivity contribution in [1.29, 1.82) is 0 Å². The summed E-state index contributed by atoms with van der Waals surface area (Å²) in [6, 6.07) is 16.3. The number of rotatable bonds is 5. The molecule has 1 fully saturated rings. The molecule has 5 nitrogen and oxygen atoms in total. The summed E-state index contributed by atoms with van der Waals surface area (Å²) in [7, 11) is 0. The van der Waals surface area contributed by atoms with Crippen LogP contribution in [0.25, 0.3) is 0 Å². The predicted molar refractivity (Wildman–Crippen MR) is 101 cm³/mol. The third-order valence-electron chi connectivity index (χ3n) is 4.11. The van der Waals surface area contributed by atoms with Gasteiger partial charge < -0.3 is 16.0 Å². The maximum atomic E-state index is 12.1. The topological polar surface area (TPSA) is 70.2 Å². The lowest BCUT2D eigenvalue weighted by Crippen LogP contribution is -2.37. The minimum atomic E-state index is -0.167. The molecule has 0 bridgehead atoms. The Morgan fingerprint density at radius 1 is 0.960 bits per heavy atom. The van der Waals surface area contributed by atoms with Gasteiger partial charge in [-0.2, -0.15) is 0 Å². The van der Waals surface area contributed by atoms with Crippen molar-refractivity contribution >= 4 is 29.9 Å². The van der Waals surface area contributed by atoms with Gasteiger partial charge >= 0.3 is 0 Å². The van der Waals surface area contributed by atoms with Crippen LogP contribution in [0.4, 0.5) is 5.69 Å². The Hall–Kier alpha value is -2.37. The highest BCUT2D eigenvalue weighted by molar-refractivity contribution is 6.04. The van der Waals surface area contributed by atoms with Crippen molar-refractivity contribution in [2.24, 2.45) is 0 Å². The van der Waals surface area contributed by atoms with Gasteiger partial charge in [0.15, 0.2) is 0 Å². The molecule has 3 N–H and O–H groups in total. The first-order chi connectivity index (χ1) is 11.7. The fourth-order valence-electron chi connectivity index (χ4n) is 2.75. The van der Waals surface area contributed by atoms with Crippen LogP contribution in [0.5, 0.6) is 0 Å². The zero-order valence-corrected chi connectivity index (χ0v) is 14.6. The number of hydrogen-bond donors (Lipinski definition) is 3. The molecular formula is C19H22ClN3O2. The van der Waals surface area contributed by atoms with Gasteiger partial charge in [0.1, 0.15) is 0 Å². The first-order valence-electron chi connectivity index (χ1n) is 8.20. The standard InChI is InChI=1S/C19H21N3O2.ClH/c23-18(21-13-17-7-4-12-20-17)15-8-10-16(11-9-15)22-19(24)14-5-2-1-3-6-14;/h1-3,5-6,8-11,17,20H,4,7,12-13H2,(H,21,23)(H,22,24);1H. The normalized spacial score (nSPS) is 15.9. The molecule has 2 aromatic rings. The highest BCUT2D eigenvalue weighted by Gasteiger charge is 2.15. The van der Waals surface area contributed by atoms with E-state index in [9.17, 15) is 9.59 Å². The molecule has 1 aliphatic rings. The highest BCUT2D eigenvalue weighted by Crippen LogP contribution is 2.12. The zero-order chi connectivity index (χ0) is 16.8. The summed E-state index contributed by atoms with van der Waals surface area (Å²) in [5.74, 6) is -0.259. The SMILES string of the molecule is Cl.O=C(NCC1CCCN1)c1ccc(NC(=O)c2ccccc2)cc1. The molecule has 1 atom stereocenters. The van der Waals surface area contributed by atoms with Gasteiger partial charge in [0, 0.05) is 29.4 Å². The fraction of sp³-hybridized carbons (Fsp3) is 0.263. The van der Waals surface area contributed by atoms with E-state index in [-0.39, 0.29) is 24.2 Å². The van der Waals surface area contributed by atoms with Gasteiger partial charge in [0.2, 0.25) is 0 Å². The van der Waals surface area contributed by atoms with Crippen LogP contribution in [0, 0.1) is 0 Å². The minimum Gasteiger partial charge on any atom is -0.350 e. The van der Waals surface area contributed by atoms with Gasteiger partial charge in [0.05, 0.1) is 0 Å². The van der Waals surface area contributed by atoms with E-state index >= 15 is 0 Å². The van der Waals surface area contributed by atoms with Gasteiger partial charge in [-0.05, 0) is 55.8 Å². The molecule has 2 aromatic carbocycles. The van der Waals surface area contributed by atoms with Crippen molar-refractivity contribution in [3.8, 4) is 0 Å². The lowest BCUT2D eigenvalue weighted by atomic mass is 10.1. The van der Waals surface area contributed by atoms with Crippen LogP contribution in [-0.4, -0.2) is 30.9 Å². The lowest BCUT2D eigenvalue weighted by Gasteiger charge is -2.12. The first-order valence-corrected chi connectivity index (χ1v) is 8.20. The molecule has 0 aromatic heterocycles. The average molecular weight is 360 g/mol. The van der Waals surface area contributed by atoms with Gasteiger partial charge in [-0.3, -0.25) is 9.59 Å². The van der Waals surface area contributed by atoms with E-state index in [0.717, 1.165) is 19.4 Å². The Balaban J connectivity index is 0.00000225. The number of carbonyl (C=O) groups is 2. The predicted octanol–water partition coefficient (Wildman–Crippen LogP) is 2.84. The molecule has 0 saturated carbocycles. The minimum absolute atomic E-state index is 0. The van der Waals surface area contributed by atoms with Crippen molar-refractivity contribution in [3.05, 3.63) is 65.7 Å². The van der Waals surface area contributed by atoms with E-state index < -0.39 is 0 Å². The molecule has 132 valence electrons. The first kappa shape index (κ1) is 19.0. The molecule has 0 radical (unpaired) electrons.